The Hall–Kier alpha value is -3.23. The molecule has 0 aromatic heterocycles. The van der Waals surface area contributed by atoms with Gasteiger partial charge in [-0.2, -0.15) is 0 Å². The lowest BCUT2D eigenvalue weighted by Gasteiger charge is -2.32. The number of carbonyl (C=O) groups is 3. The zero-order valence-electron chi connectivity index (χ0n) is 16.6. The predicted octanol–water partition coefficient (Wildman–Crippen LogP) is 1.92. The Bertz CT molecular complexity index is 1010. The van der Waals surface area contributed by atoms with Gasteiger partial charge in [-0.15, -0.1) is 0 Å². The Morgan fingerprint density at radius 3 is 2.10 bits per heavy atom. The molecular weight excluding hydrogens is 404 g/mol. The summed E-state index contributed by atoms with van der Waals surface area (Å²) >= 11 is 0. The maximum atomic E-state index is 12.6. The molecule has 2 heterocycles. The van der Waals surface area contributed by atoms with E-state index in [0.717, 1.165) is 0 Å². The van der Waals surface area contributed by atoms with Crippen LogP contribution in [0.2, 0.25) is 0 Å². The molecule has 3 aliphatic rings. The first-order valence-electron chi connectivity index (χ1n) is 9.98. The van der Waals surface area contributed by atoms with E-state index < -0.39 is 47.9 Å². The molecule has 160 valence electrons. The van der Waals surface area contributed by atoms with Crippen molar-refractivity contribution in [3.05, 3.63) is 71.8 Å². The lowest BCUT2D eigenvalue weighted by atomic mass is 9.84. The van der Waals surface area contributed by atoms with E-state index in [4.69, 9.17) is 23.7 Å². The van der Waals surface area contributed by atoms with E-state index in [1.165, 1.54) is 6.92 Å². The highest BCUT2D eigenvalue weighted by Gasteiger charge is 2.81. The molecule has 0 N–H and O–H groups in total. The summed E-state index contributed by atoms with van der Waals surface area (Å²) in [7, 11) is 0. The molecule has 6 atom stereocenters. The summed E-state index contributed by atoms with van der Waals surface area (Å²) in [5.41, 5.74) is -0.358. The maximum absolute atomic E-state index is 12.6. The first kappa shape index (κ1) is 19.7. The van der Waals surface area contributed by atoms with Crippen LogP contribution >= 0.6 is 0 Å². The number of hydrogen-bond acceptors (Lipinski definition) is 8. The molecule has 1 aliphatic carbocycles. The second kappa shape index (κ2) is 7.47. The monoisotopic (exact) mass is 424 g/mol. The smallest absolute Gasteiger partial charge is 0.338 e. The molecule has 5 rings (SSSR count). The zero-order valence-corrected chi connectivity index (χ0v) is 16.6. The molecule has 0 radical (unpaired) electrons. The van der Waals surface area contributed by atoms with Crippen molar-refractivity contribution in [2.75, 3.05) is 6.61 Å². The Labute approximate surface area is 178 Å². The van der Waals surface area contributed by atoms with Crippen molar-refractivity contribution >= 4 is 17.9 Å². The largest absolute Gasteiger partial charge is 0.459 e. The van der Waals surface area contributed by atoms with E-state index in [-0.39, 0.29) is 12.7 Å². The summed E-state index contributed by atoms with van der Waals surface area (Å²) in [6.07, 6.45) is -3.00. The third-order valence-corrected chi connectivity index (χ3v) is 5.72. The lowest BCUT2D eigenvalue weighted by Crippen LogP contribution is -2.55. The fourth-order valence-electron chi connectivity index (χ4n) is 4.15. The van der Waals surface area contributed by atoms with Crippen molar-refractivity contribution in [3.63, 3.8) is 0 Å². The average molecular weight is 424 g/mol. The first-order chi connectivity index (χ1) is 15.0. The van der Waals surface area contributed by atoms with Crippen molar-refractivity contribution in [2.45, 2.75) is 43.0 Å². The topological polar surface area (TPSA) is 104 Å². The molecule has 3 fully saturated rings. The standard InChI is InChI=1S/C23H20O8/c1-13(24)28-19-17(30-22(26)15-10-6-3-7-11-15)16-18(29-16)20-23(19,31-20)12-27-21(25)14-8-4-2-5-9-14/h2-11,16-20H,12H2,1H3/t16-,17-,18-,19+,20+,23-/m0/s1. The third-order valence-electron chi connectivity index (χ3n) is 5.72. The van der Waals surface area contributed by atoms with Crippen LogP contribution in [0.1, 0.15) is 27.6 Å². The Morgan fingerprint density at radius 2 is 1.48 bits per heavy atom. The number of rotatable bonds is 6. The Balaban J connectivity index is 1.35. The first-order valence-corrected chi connectivity index (χ1v) is 9.98. The number of ether oxygens (including phenoxy) is 5. The van der Waals surface area contributed by atoms with Crippen LogP contribution in [-0.4, -0.2) is 60.6 Å². The molecule has 8 heteroatoms. The highest BCUT2D eigenvalue weighted by Crippen LogP contribution is 2.57. The molecule has 0 amide bonds. The molecule has 2 aliphatic heterocycles. The van der Waals surface area contributed by atoms with Gasteiger partial charge in [0.1, 0.15) is 24.9 Å². The van der Waals surface area contributed by atoms with Crippen molar-refractivity contribution in [2.24, 2.45) is 0 Å². The number of carbonyl (C=O) groups excluding carboxylic acids is 3. The van der Waals surface area contributed by atoms with Gasteiger partial charge in [0.05, 0.1) is 11.1 Å². The quantitative estimate of drug-likeness (QED) is 0.394. The van der Waals surface area contributed by atoms with Crippen LogP contribution in [0.5, 0.6) is 0 Å². The van der Waals surface area contributed by atoms with Crippen molar-refractivity contribution < 1.29 is 38.1 Å². The van der Waals surface area contributed by atoms with E-state index >= 15 is 0 Å². The number of hydrogen-bond donors (Lipinski definition) is 0. The average Bonchev–Trinajstić information content (AvgIpc) is 3.69. The highest BCUT2D eigenvalue weighted by atomic mass is 16.7. The van der Waals surface area contributed by atoms with Crippen LogP contribution in [0.4, 0.5) is 0 Å². The minimum absolute atomic E-state index is 0.157. The molecule has 0 bridgehead atoms. The Morgan fingerprint density at radius 1 is 0.871 bits per heavy atom. The van der Waals surface area contributed by atoms with Gasteiger partial charge in [0.15, 0.2) is 17.8 Å². The minimum Gasteiger partial charge on any atom is -0.459 e. The van der Waals surface area contributed by atoms with Gasteiger partial charge in [-0.25, -0.2) is 9.59 Å². The summed E-state index contributed by atoms with van der Waals surface area (Å²) in [5.74, 6) is -1.65. The van der Waals surface area contributed by atoms with E-state index in [1.54, 1.807) is 60.7 Å². The van der Waals surface area contributed by atoms with Gasteiger partial charge in [0, 0.05) is 6.92 Å². The number of benzene rings is 2. The summed E-state index contributed by atoms with van der Waals surface area (Å²) in [6.45, 7) is 1.10. The fraction of sp³-hybridized carbons (Fsp3) is 0.348. The Kier molecular flexibility index (Phi) is 4.75. The molecule has 2 aromatic rings. The van der Waals surface area contributed by atoms with Gasteiger partial charge >= 0.3 is 17.9 Å². The summed E-state index contributed by atoms with van der Waals surface area (Å²) in [5, 5.41) is 0. The van der Waals surface area contributed by atoms with Crippen LogP contribution < -0.4 is 0 Å². The molecule has 1 saturated carbocycles. The second-order valence-corrected chi connectivity index (χ2v) is 7.77. The maximum Gasteiger partial charge on any atom is 0.338 e. The molecule has 0 spiro atoms. The fourth-order valence-corrected chi connectivity index (χ4v) is 4.15. The van der Waals surface area contributed by atoms with Crippen molar-refractivity contribution in [3.8, 4) is 0 Å². The number of epoxide rings is 2. The molecule has 2 saturated heterocycles. The van der Waals surface area contributed by atoms with Crippen LogP contribution in [0.25, 0.3) is 0 Å². The minimum atomic E-state index is -1.12. The van der Waals surface area contributed by atoms with Gasteiger partial charge in [0.25, 0.3) is 0 Å². The van der Waals surface area contributed by atoms with Gasteiger partial charge in [-0.3, -0.25) is 4.79 Å². The molecule has 8 nitrogen and oxygen atoms in total. The van der Waals surface area contributed by atoms with Crippen LogP contribution in [0.3, 0.4) is 0 Å². The van der Waals surface area contributed by atoms with E-state index in [1.807, 2.05) is 0 Å². The summed E-state index contributed by atoms with van der Waals surface area (Å²) in [6, 6.07) is 17.0. The van der Waals surface area contributed by atoms with E-state index in [9.17, 15) is 14.4 Å². The van der Waals surface area contributed by atoms with Gasteiger partial charge in [0.2, 0.25) is 0 Å². The zero-order chi connectivity index (χ0) is 21.6. The van der Waals surface area contributed by atoms with E-state index in [2.05, 4.69) is 0 Å². The van der Waals surface area contributed by atoms with Crippen molar-refractivity contribution in [1.82, 2.24) is 0 Å². The van der Waals surface area contributed by atoms with Crippen LogP contribution in [-0.2, 0) is 28.5 Å². The lowest BCUT2D eigenvalue weighted by molar-refractivity contribution is -0.162. The molecule has 31 heavy (non-hydrogen) atoms. The van der Waals surface area contributed by atoms with Gasteiger partial charge in [-0.1, -0.05) is 36.4 Å². The summed E-state index contributed by atoms with van der Waals surface area (Å²) < 4.78 is 28.2. The summed E-state index contributed by atoms with van der Waals surface area (Å²) in [4.78, 5) is 36.9. The molecule has 0 unspecified atom stereocenters. The van der Waals surface area contributed by atoms with E-state index in [0.29, 0.717) is 11.1 Å². The second-order valence-electron chi connectivity index (χ2n) is 7.77. The third kappa shape index (κ3) is 3.58. The van der Waals surface area contributed by atoms with Crippen molar-refractivity contribution in [1.29, 1.82) is 0 Å². The van der Waals surface area contributed by atoms with Gasteiger partial charge < -0.3 is 23.7 Å². The predicted molar refractivity (Wildman–Crippen MR) is 104 cm³/mol. The SMILES string of the molecule is CC(=O)O[C@@H]1[C@@H](OC(=O)c2ccccc2)[C@@H]2O[C@@H]2[C@H]2O[C@@]12COC(=O)c1ccccc1. The number of fused-ring (bicyclic) bond motifs is 3. The number of esters is 3. The van der Waals surface area contributed by atoms with Crippen LogP contribution in [0.15, 0.2) is 60.7 Å². The molecular formula is C23H20O8. The van der Waals surface area contributed by atoms with Gasteiger partial charge in [-0.05, 0) is 24.3 Å². The van der Waals surface area contributed by atoms with Crippen LogP contribution in [0, 0.1) is 0 Å². The normalized spacial score (nSPS) is 32.1. The highest BCUT2D eigenvalue weighted by molar-refractivity contribution is 5.90. The molecule has 2 aromatic carbocycles.